The standard InChI is InChI=1S/C20H25N5O5S2/c1-13-17(14(2)25(22-13)15-8-9-31(27,28)12-15)11-24(3)19(26)10-21-20-16-6-4-5-7-18(16)32(29,30)23-20/h4-7,15H,8-12H2,1-3H3,(H,21,23)/t15-/m0/s1. The lowest BCUT2D eigenvalue weighted by molar-refractivity contribution is -0.128. The molecule has 1 fully saturated rings. The van der Waals surface area contributed by atoms with E-state index < -0.39 is 19.9 Å². The monoisotopic (exact) mass is 479 g/mol. The predicted molar refractivity (Wildman–Crippen MR) is 119 cm³/mol. The van der Waals surface area contributed by atoms with Gasteiger partial charge in [0.15, 0.2) is 9.84 Å². The molecule has 1 amide bonds. The van der Waals surface area contributed by atoms with E-state index in [0.717, 1.165) is 17.0 Å². The van der Waals surface area contributed by atoms with Crippen molar-refractivity contribution in [1.29, 1.82) is 0 Å². The van der Waals surface area contributed by atoms with Crippen molar-refractivity contribution in [3.8, 4) is 0 Å². The van der Waals surface area contributed by atoms with Gasteiger partial charge in [-0.2, -0.15) is 5.10 Å². The third kappa shape index (κ3) is 4.16. The summed E-state index contributed by atoms with van der Waals surface area (Å²) in [4.78, 5) is 18.5. The summed E-state index contributed by atoms with van der Waals surface area (Å²) in [7, 11) is -5.05. The number of hydrogen-bond acceptors (Lipinski definition) is 7. The molecule has 0 bridgehead atoms. The molecule has 10 nitrogen and oxygen atoms in total. The Labute approximate surface area is 187 Å². The zero-order valence-electron chi connectivity index (χ0n) is 18.1. The van der Waals surface area contributed by atoms with Gasteiger partial charge in [-0.3, -0.25) is 19.2 Å². The van der Waals surface area contributed by atoms with E-state index in [1.165, 1.54) is 11.0 Å². The second-order valence-corrected chi connectivity index (χ2v) is 12.0. The summed E-state index contributed by atoms with van der Waals surface area (Å²) in [5, 5.41) is 4.53. The van der Waals surface area contributed by atoms with Crippen LogP contribution in [0.1, 0.15) is 35.0 Å². The molecule has 2 aromatic rings. The Morgan fingerprint density at radius 1 is 1.25 bits per heavy atom. The second-order valence-electron chi connectivity index (χ2n) is 8.17. The number of fused-ring (bicyclic) bond motifs is 1. The number of benzene rings is 1. The third-order valence-corrected chi connectivity index (χ3v) is 9.03. The summed E-state index contributed by atoms with van der Waals surface area (Å²) in [6.45, 7) is 3.80. The molecule has 1 atom stereocenters. The van der Waals surface area contributed by atoms with E-state index in [1.54, 1.807) is 29.9 Å². The largest absolute Gasteiger partial charge is 0.340 e. The van der Waals surface area contributed by atoms with Crippen LogP contribution in [0.3, 0.4) is 0 Å². The molecule has 0 aliphatic carbocycles. The quantitative estimate of drug-likeness (QED) is 0.667. The molecule has 2 aliphatic heterocycles. The Morgan fingerprint density at radius 2 is 1.97 bits per heavy atom. The van der Waals surface area contributed by atoms with Crippen molar-refractivity contribution >= 4 is 31.6 Å². The van der Waals surface area contributed by atoms with E-state index in [9.17, 15) is 21.6 Å². The van der Waals surface area contributed by atoms with Crippen LogP contribution in [0.4, 0.5) is 0 Å². The normalized spacial score (nSPS) is 22.0. The molecule has 1 aromatic heterocycles. The molecular formula is C20H25N5O5S2. The molecule has 3 heterocycles. The van der Waals surface area contributed by atoms with Gasteiger partial charge in [-0.05, 0) is 32.4 Å². The fraction of sp³-hybridized carbons (Fsp3) is 0.450. The molecule has 32 heavy (non-hydrogen) atoms. The number of aromatic nitrogens is 2. The number of sulfone groups is 1. The van der Waals surface area contributed by atoms with Gasteiger partial charge in [0.2, 0.25) is 5.91 Å². The SMILES string of the molecule is Cc1nn([C@H]2CCS(=O)(=O)C2)c(C)c1CN(C)C(=O)CN=C1NS(=O)(=O)c2ccccc21. The van der Waals surface area contributed by atoms with Gasteiger partial charge < -0.3 is 4.90 Å². The van der Waals surface area contributed by atoms with E-state index in [4.69, 9.17) is 0 Å². The lowest BCUT2D eigenvalue weighted by atomic mass is 10.1. The number of sulfonamides is 1. The molecule has 0 spiro atoms. The van der Waals surface area contributed by atoms with Gasteiger partial charge >= 0.3 is 0 Å². The van der Waals surface area contributed by atoms with Gasteiger partial charge in [-0.1, -0.05) is 12.1 Å². The number of likely N-dealkylation sites (N-methyl/N-ethyl adjacent to an activating group) is 1. The maximum atomic E-state index is 12.7. The minimum atomic E-state index is -3.66. The van der Waals surface area contributed by atoms with Crippen molar-refractivity contribution in [3.05, 3.63) is 46.8 Å². The Hall–Kier alpha value is -2.73. The lowest BCUT2D eigenvalue weighted by Gasteiger charge is -2.17. The minimum absolute atomic E-state index is 0.0814. The topological polar surface area (TPSA) is 131 Å². The van der Waals surface area contributed by atoms with Crippen molar-refractivity contribution < 1.29 is 21.6 Å². The van der Waals surface area contributed by atoms with Gasteiger partial charge in [-0.15, -0.1) is 0 Å². The molecule has 0 unspecified atom stereocenters. The highest BCUT2D eigenvalue weighted by Gasteiger charge is 2.32. The van der Waals surface area contributed by atoms with E-state index in [-0.39, 0.29) is 40.7 Å². The predicted octanol–water partition coefficient (Wildman–Crippen LogP) is 0.557. The zero-order chi connectivity index (χ0) is 23.3. The number of hydrogen-bond donors (Lipinski definition) is 1. The molecule has 0 saturated carbocycles. The van der Waals surface area contributed by atoms with E-state index in [1.807, 2.05) is 13.8 Å². The summed E-state index contributed by atoms with van der Waals surface area (Å²) in [5.41, 5.74) is 2.90. The maximum absolute atomic E-state index is 12.7. The molecule has 4 rings (SSSR count). The number of carbonyl (C=O) groups excluding carboxylic acids is 1. The van der Waals surface area contributed by atoms with Crippen molar-refractivity contribution in [2.45, 2.75) is 37.8 Å². The second kappa shape index (κ2) is 8.00. The summed E-state index contributed by atoms with van der Waals surface area (Å²) in [6, 6.07) is 6.29. The van der Waals surface area contributed by atoms with Crippen LogP contribution >= 0.6 is 0 Å². The van der Waals surface area contributed by atoms with Crippen LogP contribution in [0.5, 0.6) is 0 Å². The Morgan fingerprint density at radius 3 is 2.66 bits per heavy atom. The Balaban J connectivity index is 1.47. The molecular weight excluding hydrogens is 454 g/mol. The van der Waals surface area contributed by atoms with Crippen molar-refractivity contribution in [1.82, 2.24) is 19.4 Å². The van der Waals surface area contributed by atoms with Gasteiger partial charge in [0.1, 0.15) is 12.4 Å². The van der Waals surface area contributed by atoms with Crippen LogP contribution in [-0.4, -0.2) is 68.4 Å². The first kappa shape index (κ1) is 22.5. The van der Waals surface area contributed by atoms with E-state index in [2.05, 4.69) is 14.8 Å². The van der Waals surface area contributed by atoms with Gasteiger partial charge in [-0.25, -0.2) is 16.8 Å². The van der Waals surface area contributed by atoms with Crippen LogP contribution in [0, 0.1) is 13.8 Å². The fourth-order valence-electron chi connectivity index (χ4n) is 4.09. The van der Waals surface area contributed by atoms with Crippen LogP contribution < -0.4 is 4.72 Å². The molecule has 1 N–H and O–H groups in total. The first-order valence-electron chi connectivity index (χ1n) is 10.1. The van der Waals surface area contributed by atoms with Crippen molar-refractivity contribution in [2.75, 3.05) is 25.1 Å². The van der Waals surface area contributed by atoms with Crippen LogP contribution in [0.25, 0.3) is 0 Å². The minimum Gasteiger partial charge on any atom is -0.340 e. The molecule has 1 saturated heterocycles. The number of aliphatic imine (C=N–C) groups is 1. The number of amidine groups is 1. The summed E-state index contributed by atoms with van der Waals surface area (Å²) in [6.07, 6.45) is 0.535. The Kier molecular flexibility index (Phi) is 5.61. The highest BCUT2D eigenvalue weighted by molar-refractivity contribution is 7.91. The van der Waals surface area contributed by atoms with Crippen LogP contribution in [-0.2, 0) is 31.2 Å². The van der Waals surface area contributed by atoms with Crippen LogP contribution in [0.2, 0.25) is 0 Å². The highest BCUT2D eigenvalue weighted by Crippen LogP contribution is 2.27. The Bertz CT molecular complexity index is 1330. The third-order valence-electron chi connectivity index (χ3n) is 5.89. The van der Waals surface area contributed by atoms with E-state index in [0.29, 0.717) is 18.5 Å². The summed E-state index contributed by atoms with van der Waals surface area (Å²) >= 11 is 0. The number of carbonyl (C=O) groups is 1. The number of nitrogens with one attached hydrogen (secondary N) is 1. The van der Waals surface area contributed by atoms with Gasteiger partial charge in [0.05, 0.1) is 28.1 Å². The molecule has 12 heteroatoms. The molecule has 2 aliphatic rings. The average molecular weight is 480 g/mol. The first-order chi connectivity index (χ1) is 15.0. The van der Waals surface area contributed by atoms with Gasteiger partial charge in [0, 0.05) is 30.4 Å². The smallest absolute Gasteiger partial charge is 0.263 e. The maximum Gasteiger partial charge on any atom is 0.263 e. The number of rotatable bonds is 5. The summed E-state index contributed by atoms with van der Waals surface area (Å²) < 4.78 is 52.2. The molecule has 1 aromatic carbocycles. The summed E-state index contributed by atoms with van der Waals surface area (Å²) in [5.74, 6) is 0.121. The number of aryl methyl sites for hydroxylation is 1. The molecule has 172 valence electrons. The highest BCUT2D eigenvalue weighted by atomic mass is 32.2. The average Bonchev–Trinajstić information content (AvgIpc) is 3.32. The zero-order valence-corrected chi connectivity index (χ0v) is 19.7. The van der Waals surface area contributed by atoms with Gasteiger partial charge in [0.25, 0.3) is 10.0 Å². The molecule has 0 radical (unpaired) electrons. The van der Waals surface area contributed by atoms with Crippen molar-refractivity contribution in [2.24, 2.45) is 4.99 Å². The lowest BCUT2D eigenvalue weighted by Crippen LogP contribution is -2.30. The van der Waals surface area contributed by atoms with Crippen molar-refractivity contribution in [3.63, 3.8) is 0 Å². The number of amides is 1. The van der Waals surface area contributed by atoms with E-state index >= 15 is 0 Å². The fourth-order valence-corrected chi connectivity index (χ4v) is 7.04. The number of nitrogens with zero attached hydrogens (tertiary/aromatic N) is 4. The van der Waals surface area contributed by atoms with Crippen LogP contribution in [0.15, 0.2) is 34.2 Å². The first-order valence-corrected chi connectivity index (χ1v) is 13.4.